The summed E-state index contributed by atoms with van der Waals surface area (Å²) in [6.07, 6.45) is -2.63. The number of benzene rings is 2. The SMILES string of the molecule is C[NH+]1C/C(=C\c2ccc(C(F)(F)F)cc2)c2nc3ccccc3c(C(=O)[O-])c2C1. The molecule has 1 aliphatic heterocycles. The van der Waals surface area contributed by atoms with E-state index >= 15 is 0 Å². The number of nitrogens with one attached hydrogen (secondary N) is 1. The van der Waals surface area contributed by atoms with Gasteiger partial charge in [-0.05, 0) is 29.8 Å². The van der Waals surface area contributed by atoms with Crippen molar-refractivity contribution in [2.45, 2.75) is 12.7 Å². The number of nitrogens with zero attached hydrogens (tertiary/aromatic N) is 1. The molecule has 1 aliphatic rings. The number of alkyl halides is 3. The topological polar surface area (TPSA) is 57.5 Å². The van der Waals surface area contributed by atoms with E-state index < -0.39 is 17.7 Å². The van der Waals surface area contributed by atoms with Crippen LogP contribution in [0.1, 0.15) is 32.7 Å². The number of hydrogen-bond acceptors (Lipinski definition) is 3. The van der Waals surface area contributed by atoms with Crippen LogP contribution in [0.25, 0.3) is 22.6 Å². The Balaban J connectivity index is 1.88. The van der Waals surface area contributed by atoms with E-state index in [1.54, 1.807) is 30.3 Å². The van der Waals surface area contributed by atoms with Gasteiger partial charge in [-0.15, -0.1) is 0 Å². The molecule has 0 saturated heterocycles. The van der Waals surface area contributed by atoms with Gasteiger partial charge in [0.25, 0.3) is 0 Å². The summed E-state index contributed by atoms with van der Waals surface area (Å²) in [5.41, 5.74) is 2.48. The Labute approximate surface area is 164 Å². The van der Waals surface area contributed by atoms with E-state index in [0.717, 1.165) is 22.6 Å². The predicted octanol–water partition coefficient (Wildman–Crippen LogP) is 2.19. The van der Waals surface area contributed by atoms with Gasteiger partial charge in [0.1, 0.15) is 13.1 Å². The second kappa shape index (κ2) is 7.00. The summed E-state index contributed by atoms with van der Waals surface area (Å²) in [6.45, 7) is 1.05. The Morgan fingerprint density at radius 1 is 1.10 bits per heavy atom. The summed E-state index contributed by atoms with van der Waals surface area (Å²) in [5, 5.41) is 12.4. The standard InChI is InChI=1S/C22H17F3N2O2/c1-27-11-14(10-13-6-8-15(9-7-13)22(23,24)25)20-17(12-27)19(21(28)29)16-4-2-3-5-18(16)26-20/h2-10H,11-12H2,1H3,(H,28,29)/b14-10+. The maximum absolute atomic E-state index is 12.8. The van der Waals surface area contributed by atoms with Crippen molar-refractivity contribution in [3.05, 3.63) is 76.5 Å². The van der Waals surface area contributed by atoms with Crippen LogP contribution in [-0.2, 0) is 12.7 Å². The maximum atomic E-state index is 12.8. The van der Waals surface area contributed by atoms with Crippen LogP contribution in [0.15, 0.2) is 48.5 Å². The zero-order valence-electron chi connectivity index (χ0n) is 15.5. The quantitative estimate of drug-likeness (QED) is 0.720. The molecule has 0 bridgehead atoms. The average Bonchev–Trinajstić information content (AvgIpc) is 2.66. The molecule has 0 aliphatic carbocycles. The van der Waals surface area contributed by atoms with E-state index in [-0.39, 0.29) is 5.56 Å². The number of hydrogen-bond donors (Lipinski definition) is 1. The van der Waals surface area contributed by atoms with Gasteiger partial charge in [0.15, 0.2) is 0 Å². The lowest BCUT2D eigenvalue weighted by Crippen LogP contribution is -3.08. The van der Waals surface area contributed by atoms with Gasteiger partial charge >= 0.3 is 6.18 Å². The Hall–Kier alpha value is -3.19. The molecular formula is C22H17F3N2O2. The lowest BCUT2D eigenvalue weighted by molar-refractivity contribution is -0.887. The molecule has 3 aromatic rings. The second-order valence-electron chi connectivity index (χ2n) is 7.22. The Morgan fingerprint density at radius 2 is 1.79 bits per heavy atom. The summed E-state index contributed by atoms with van der Waals surface area (Å²) in [4.78, 5) is 17.6. The van der Waals surface area contributed by atoms with Gasteiger partial charge in [0.2, 0.25) is 0 Å². The first-order valence-corrected chi connectivity index (χ1v) is 9.06. The number of likely N-dealkylation sites (N-methyl/N-ethyl adjacent to an activating group) is 1. The summed E-state index contributed by atoms with van der Waals surface area (Å²) in [5.74, 6) is -1.26. The number of pyridine rings is 1. The molecule has 7 heteroatoms. The highest BCUT2D eigenvalue weighted by atomic mass is 19.4. The molecule has 4 rings (SSSR count). The monoisotopic (exact) mass is 398 g/mol. The summed E-state index contributed by atoms with van der Waals surface area (Å²) in [6, 6.07) is 11.8. The van der Waals surface area contributed by atoms with Crippen molar-refractivity contribution in [2.24, 2.45) is 0 Å². The fourth-order valence-corrected chi connectivity index (χ4v) is 3.78. The van der Waals surface area contributed by atoms with Gasteiger partial charge in [-0.1, -0.05) is 30.3 Å². The third-order valence-electron chi connectivity index (χ3n) is 5.05. The van der Waals surface area contributed by atoms with Gasteiger partial charge in [0, 0.05) is 22.1 Å². The van der Waals surface area contributed by atoms with Crippen molar-refractivity contribution in [1.82, 2.24) is 4.98 Å². The molecule has 4 nitrogen and oxygen atoms in total. The number of rotatable bonds is 2. The van der Waals surface area contributed by atoms with Gasteiger partial charge in [-0.25, -0.2) is 4.98 Å². The fourth-order valence-electron chi connectivity index (χ4n) is 3.78. The third kappa shape index (κ3) is 3.61. The first kappa shape index (κ1) is 19.1. The number of para-hydroxylation sites is 1. The van der Waals surface area contributed by atoms with E-state index in [9.17, 15) is 23.1 Å². The van der Waals surface area contributed by atoms with Crippen molar-refractivity contribution >= 4 is 28.5 Å². The normalized spacial score (nSPS) is 18.1. The van der Waals surface area contributed by atoms with Gasteiger partial charge in [-0.2, -0.15) is 13.2 Å². The predicted molar refractivity (Wildman–Crippen MR) is 101 cm³/mol. The Morgan fingerprint density at radius 3 is 2.45 bits per heavy atom. The molecule has 148 valence electrons. The molecule has 0 radical (unpaired) electrons. The molecule has 0 amide bonds. The molecule has 2 heterocycles. The molecular weight excluding hydrogens is 381 g/mol. The molecule has 1 unspecified atom stereocenters. The number of fused-ring (bicyclic) bond motifs is 2. The minimum absolute atomic E-state index is 0.128. The van der Waals surface area contributed by atoms with E-state index in [1.807, 2.05) is 7.05 Å². The third-order valence-corrected chi connectivity index (χ3v) is 5.05. The van der Waals surface area contributed by atoms with Crippen LogP contribution in [0.5, 0.6) is 0 Å². The number of carboxylic acid groups (broad SMARTS) is 1. The van der Waals surface area contributed by atoms with Crippen LogP contribution in [0.3, 0.4) is 0 Å². The number of carbonyl (C=O) groups excluding carboxylic acids is 1. The Bertz CT molecular complexity index is 1140. The lowest BCUT2D eigenvalue weighted by atomic mass is 9.92. The van der Waals surface area contributed by atoms with Crippen molar-refractivity contribution < 1.29 is 28.0 Å². The number of aromatic nitrogens is 1. The number of carbonyl (C=O) groups is 1. The average molecular weight is 398 g/mol. The minimum Gasteiger partial charge on any atom is -0.545 e. The summed E-state index contributed by atoms with van der Waals surface area (Å²) < 4.78 is 38.4. The molecule has 2 aromatic carbocycles. The van der Waals surface area contributed by atoms with Crippen LogP contribution >= 0.6 is 0 Å². The minimum atomic E-state index is -4.39. The van der Waals surface area contributed by atoms with Crippen molar-refractivity contribution in [2.75, 3.05) is 13.6 Å². The first-order valence-electron chi connectivity index (χ1n) is 9.06. The maximum Gasteiger partial charge on any atom is 0.416 e. The van der Waals surface area contributed by atoms with Crippen LogP contribution in [0.4, 0.5) is 13.2 Å². The smallest absolute Gasteiger partial charge is 0.416 e. The molecule has 1 atom stereocenters. The molecule has 1 aromatic heterocycles. The highest BCUT2D eigenvalue weighted by molar-refractivity contribution is 6.05. The second-order valence-corrected chi connectivity index (χ2v) is 7.22. The van der Waals surface area contributed by atoms with Crippen molar-refractivity contribution in [3.63, 3.8) is 0 Å². The van der Waals surface area contributed by atoms with Crippen LogP contribution in [0.2, 0.25) is 0 Å². The molecule has 1 N–H and O–H groups in total. The highest BCUT2D eigenvalue weighted by Crippen LogP contribution is 2.31. The van der Waals surface area contributed by atoms with Gasteiger partial charge in [-0.3, -0.25) is 0 Å². The van der Waals surface area contributed by atoms with Gasteiger partial charge in [0.05, 0.1) is 29.8 Å². The molecule has 29 heavy (non-hydrogen) atoms. The van der Waals surface area contributed by atoms with Crippen LogP contribution < -0.4 is 10.0 Å². The van der Waals surface area contributed by atoms with E-state index in [2.05, 4.69) is 4.98 Å². The number of aromatic carboxylic acids is 1. The van der Waals surface area contributed by atoms with E-state index in [1.165, 1.54) is 12.1 Å². The van der Waals surface area contributed by atoms with E-state index in [0.29, 0.717) is 40.8 Å². The molecule has 0 fully saturated rings. The van der Waals surface area contributed by atoms with E-state index in [4.69, 9.17) is 0 Å². The largest absolute Gasteiger partial charge is 0.545 e. The lowest BCUT2D eigenvalue weighted by Gasteiger charge is -2.27. The van der Waals surface area contributed by atoms with Gasteiger partial charge < -0.3 is 14.8 Å². The molecule has 0 spiro atoms. The summed E-state index contributed by atoms with van der Waals surface area (Å²) >= 11 is 0. The first-order chi connectivity index (χ1) is 13.7. The highest BCUT2D eigenvalue weighted by Gasteiger charge is 2.30. The van der Waals surface area contributed by atoms with Crippen LogP contribution in [0, 0.1) is 0 Å². The van der Waals surface area contributed by atoms with Crippen molar-refractivity contribution in [1.29, 1.82) is 0 Å². The summed E-state index contributed by atoms with van der Waals surface area (Å²) in [7, 11) is 1.93. The number of halogens is 3. The Kier molecular flexibility index (Phi) is 4.62. The number of carboxylic acids is 1. The molecule has 0 saturated carbocycles. The van der Waals surface area contributed by atoms with Crippen molar-refractivity contribution in [3.8, 4) is 0 Å². The van der Waals surface area contributed by atoms with Crippen LogP contribution in [-0.4, -0.2) is 24.5 Å². The number of quaternary nitrogens is 1. The zero-order valence-corrected chi connectivity index (χ0v) is 15.5. The fraction of sp³-hybridized carbons (Fsp3) is 0.182. The zero-order chi connectivity index (χ0) is 20.8.